The van der Waals surface area contributed by atoms with Crippen LogP contribution < -0.4 is 10.6 Å². The molecule has 33 heavy (non-hydrogen) atoms. The van der Waals surface area contributed by atoms with E-state index in [0.29, 0.717) is 6.54 Å². The molecule has 2 aliphatic rings. The van der Waals surface area contributed by atoms with Crippen molar-refractivity contribution < 1.29 is 24.2 Å². The summed E-state index contributed by atoms with van der Waals surface area (Å²) in [6, 6.07) is 14.7. The van der Waals surface area contributed by atoms with Crippen molar-refractivity contribution in [3.63, 3.8) is 0 Å². The fourth-order valence-corrected chi connectivity index (χ4v) is 4.75. The number of alkyl carbamates (subject to hydrolysis) is 1. The summed E-state index contributed by atoms with van der Waals surface area (Å²) in [6.07, 6.45) is 0.448. The fourth-order valence-electron chi connectivity index (χ4n) is 4.75. The van der Waals surface area contributed by atoms with E-state index in [2.05, 4.69) is 15.5 Å². The number of fused-ring (bicyclic) bond motifs is 3. The van der Waals surface area contributed by atoms with Gasteiger partial charge in [0.2, 0.25) is 5.91 Å². The number of carboxylic acid groups (broad SMARTS) is 1. The van der Waals surface area contributed by atoms with Crippen molar-refractivity contribution in [3.8, 4) is 11.1 Å². The average Bonchev–Trinajstić information content (AvgIpc) is 3.11. The molecule has 1 heterocycles. The SMILES string of the molecule is CN1CCCC(NC(=O)C(CC(=O)O)NC(=O)OCC2c3ccccc3-c3ccccc32)C1. The summed E-state index contributed by atoms with van der Waals surface area (Å²) in [5.41, 5.74) is 4.38. The molecule has 1 saturated heterocycles. The van der Waals surface area contributed by atoms with Crippen molar-refractivity contribution in [2.45, 2.75) is 37.3 Å². The summed E-state index contributed by atoms with van der Waals surface area (Å²) in [4.78, 5) is 38.7. The number of amides is 2. The third kappa shape index (κ3) is 5.34. The molecule has 2 aromatic carbocycles. The van der Waals surface area contributed by atoms with Crippen molar-refractivity contribution in [3.05, 3.63) is 59.7 Å². The Balaban J connectivity index is 1.39. The zero-order valence-corrected chi connectivity index (χ0v) is 18.6. The molecule has 3 N–H and O–H groups in total. The van der Waals surface area contributed by atoms with Crippen LogP contribution in [0.4, 0.5) is 4.79 Å². The van der Waals surface area contributed by atoms with Crippen molar-refractivity contribution in [2.24, 2.45) is 0 Å². The van der Waals surface area contributed by atoms with Gasteiger partial charge < -0.3 is 25.4 Å². The molecule has 2 atom stereocenters. The normalized spacial score (nSPS) is 18.6. The second-order valence-corrected chi connectivity index (χ2v) is 8.73. The lowest BCUT2D eigenvalue weighted by molar-refractivity contribution is -0.140. The minimum Gasteiger partial charge on any atom is -0.481 e. The van der Waals surface area contributed by atoms with E-state index in [9.17, 15) is 19.5 Å². The number of rotatable bonds is 7. The van der Waals surface area contributed by atoms with Crippen LogP contribution in [-0.2, 0) is 14.3 Å². The van der Waals surface area contributed by atoms with Gasteiger partial charge in [0, 0.05) is 18.5 Å². The van der Waals surface area contributed by atoms with Gasteiger partial charge in [0.05, 0.1) is 6.42 Å². The molecule has 0 bridgehead atoms. The summed E-state index contributed by atoms with van der Waals surface area (Å²) in [6.45, 7) is 1.74. The van der Waals surface area contributed by atoms with Gasteiger partial charge in [-0.15, -0.1) is 0 Å². The van der Waals surface area contributed by atoms with Crippen molar-refractivity contribution in [2.75, 3.05) is 26.7 Å². The minimum atomic E-state index is -1.20. The van der Waals surface area contributed by atoms with Crippen molar-refractivity contribution >= 4 is 18.0 Å². The predicted molar refractivity (Wildman–Crippen MR) is 123 cm³/mol. The van der Waals surface area contributed by atoms with Crippen molar-refractivity contribution in [1.29, 1.82) is 0 Å². The standard InChI is InChI=1S/C25H29N3O5/c1-28-12-6-7-16(14-28)26-24(31)22(13-23(29)30)27-25(32)33-15-21-19-10-4-2-8-17(19)18-9-3-5-11-20(18)21/h2-5,8-11,16,21-22H,6-7,12-15H2,1H3,(H,26,31)(H,27,32)(H,29,30). The van der Waals surface area contributed by atoms with E-state index in [1.54, 1.807) is 0 Å². The molecule has 0 spiro atoms. The Morgan fingerprint density at radius 2 is 1.73 bits per heavy atom. The van der Waals surface area contributed by atoms with E-state index in [1.165, 1.54) is 0 Å². The van der Waals surface area contributed by atoms with Gasteiger partial charge in [-0.05, 0) is 48.7 Å². The molecule has 2 aromatic rings. The van der Waals surface area contributed by atoms with Crippen LogP contribution >= 0.6 is 0 Å². The van der Waals surface area contributed by atoms with E-state index >= 15 is 0 Å². The second-order valence-electron chi connectivity index (χ2n) is 8.73. The number of benzene rings is 2. The molecular weight excluding hydrogens is 422 g/mol. The maximum atomic E-state index is 12.7. The van der Waals surface area contributed by atoms with Crippen LogP contribution in [0.5, 0.6) is 0 Å². The number of aliphatic carboxylic acids is 1. The summed E-state index contributed by atoms with van der Waals surface area (Å²) in [5, 5.41) is 14.6. The average molecular weight is 452 g/mol. The van der Waals surface area contributed by atoms with Crippen LogP contribution in [0.15, 0.2) is 48.5 Å². The number of carbonyl (C=O) groups is 3. The zero-order valence-electron chi connectivity index (χ0n) is 18.6. The second kappa shape index (κ2) is 10.0. The topological polar surface area (TPSA) is 108 Å². The summed E-state index contributed by atoms with van der Waals surface area (Å²) in [7, 11) is 1.97. The van der Waals surface area contributed by atoms with Crippen LogP contribution in [0.25, 0.3) is 11.1 Å². The largest absolute Gasteiger partial charge is 0.481 e. The number of nitrogens with one attached hydrogen (secondary N) is 2. The molecule has 2 unspecified atom stereocenters. The first-order valence-corrected chi connectivity index (χ1v) is 11.2. The first-order valence-electron chi connectivity index (χ1n) is 11.2. The monoisotopic (exact) mass is 451 g/mol. The molecule has 2 amide bonds. The van der Waals surface area contributed by atoms with Gasteiger partial charge in [-0.2, -0.15) is 0 Å². The van der Waals surface area contributed by atoms with Gasteiger partial charge in [0.1, 0.15) is 12.6 Å². The Bertz CT molecular complexity index is 995. The van der Waals surface area contributed by atoms with E-state index in [1.807, 2.05) is 55.6 Å². The Kier molecular flexibility index (Phi) is 6.93. The van der Waals surface area contributed by atoms with Crippen LogP contribution in [0, 0.1) is 0 Å². The molecule has 0 aromatic heterocycles. The number of carbonyl (C=O) groups excluding carboxylic acids is 2. The first-order chi connectivity index (χ1) is 15.9. The van der Waals surface area contributed by atoms with Gasteiger partial charge >= 0.3 is 12.1 Å². The third-order valence-electron chi connectivity index (χ3n) is 6.30. The van der Waals surface area contributed by atoms with Crippen molar-refractivity contribution in [1.82, 2.24) is 15.5 Å². The molecule has 1 aliphatic heterocycles. The van der Waals surface area contributed by atoms with Crippen LogP contribution in [0.1, 0.15) is 36.3 Å². The van der Waals surface area contributed by atoms with Crippen LogP contribution in [0.3, 0.4) is 0 Å². The maximum Gasteiger partial charge on any atom is 0.407 e. The Hall–Kier alpha value is -3.39. The molecule has 1 aliphatic carbocycles. The minimum absolute atomic E-state index is 0.0724. The van der Waals surface area contributed by atoms with E-state index in [4.69, 9.17) is 4.74 Å². The molecule has 174 valence electrons. The number of piperidine rings is 1. The molecule has 0 radical (unpaired) electrons. The molecule has 8 heteroatoms. The van der Waals surface area contributed by atoms with Gasteiger partial charge in [0.25, 0.3) is 0 Å². The van der Waals surface area contributed by atoms with Gasteiger partial charge in [-0.25, -0.2) is 4.79 Å². The number of likely N-dealkylation sites (tertiary alicyclic amines) is 1. The Labute approximate surface area is 192 Å². The summed E-state index contributed by atoms with van der Waals surface area (Å²) in [5.74, 6) is -1.80. The lowest BCUT2D eigenvalue weighted by atomic mass is 9.98. The van der Waals surface area contributed by atoms with E-state index < -0.39 is 30.4 Å². The smallest absolute Gasteiger partial charge is 0.407 e. The van der Waals surface area contributed by atoms with Crippen LogP contribution in [0.2, 0.25) is 0 Å². The third-order valence-corrected chi connectivity index (χ3v) is 6.30. The Morgan fingerprint density at radius 1 is 1.09 bits per heavy atom. The highest BCUT2D eigenvalue weighted by molar-refractivity contribution is 5.89. The molecular formula is C25H29N3O5. The van der Waals surface area contributed by atoms with E-state index in [-0.39, 0.29) is 18.6 Å². The number of carboxylic acids is 1. The summed E-state index contributed by atoms with van der Waals surface area (Å²) < 4.78 is 5.48. The van der Waals surface area contributed by atoms with E-state index in [0.717, 1.165) is 41.6 Å². The molecule has 1 fully saturated rings. The first kappa shape index (κ1) is 22.8. The Morgan fingerprint density at radius 3 is 2.33 bits per heavy atom. The van der Waals surface area contributed by atoms with Gasteiger partial charge in [-0.3, -0.25) is 9.59 Å². The molecule has 0 saturated carbocycles. The number of nitrogens with zero attached hydrogens (tertiary/aromatic N) is 1. The van der Waals surface area contributed by atoms with Gasteiger partial charge in [0.15, 0.2) is 0 Å². The number of likely N-dealkylation sites (N-methyl/N-ethyl adjacent to an activating group) is 1. The lowest BCUT2D eigenvalue weighted by Crippen LogP contribution is -2.54. The van der Waals surface area contributed by atoms with Crippen LogP contribution in [-0.4, -0.2) is 66.8 Å². The highest BCUT2D eigenvalue weighted by atomic mass is 16.5. The number of hydrogen-bond acceptors (Lipinski definition) is 5. The summed E-state index contributed by atoms with van der Waals surface area (Å²) >= 11 is 0. The molecule has 8 nitrogen and oxygen atoms in total. The zero-order chi connectivity index (χ0) is 23.4. The fraction of sp³-hybridized carbons (Fsp3) is 0.400. The highest BCUT2D eigenvalue weighted by Gasteiger charge is 2.31. The number of ether oxygens (including phenoxy) is 1. The quantitative estimate of drug-likeness (QED) is 0.597. The lowest BCUT2D eigenvalue weighted by Gasteiger charge is -2.31. The highest BCUT2D eigenvalue weighted by Crippen LogP contribution is 2.44. The van der Waals surface area contributed by atoms with Gasteiger partial charge in [-0.1, -0.05) is 48.5 Å². The maximum absolute atomic E-state index is 12.7. The molecule has 4 rings (SSSR count). The predicted octanol–water partition coefficient (Wildman–Crippen LogP) is 2.58. The number of hydrogen-bond donors (Lipinski definition) is 3.